The summed E-state index contributed by atoms with van der Waals surface area (Å²) >= 11 is 0. The molecule has 2 heterocycles. The molecule has 3 aromatic rings. The molecule has 0 fully saturated rings. The molecule has 142 valence electrons. The Morgan fingerprint density at radius 1 is 0.926 bits per heavy atom. The number of furan rings is 2. The minimum Gasteiger partial charge on any atom is -0.467 e. The molecule has 0 atom stereocenters. The van der Waals surface area contributed by atoms with Gasteiger partial charge in [0.2, 0.25) is 5.91 Å². The smallest absolute Gasteiger partial charge is 0.224 e. The standard InChI is InChI=1S/C20H21NO5S/c1-16-6-8-19(9-7-16)27(23,24)13-10-20(22)21(14-17-4-2-11-25-17)15-18-5-3-12-26-18/h2-9,11-12H,10,13-15H2,1H3. The van der Waals surface area contributed by atoms with Gasteiger partial charge in [0.1, 0.15) is 11.5 Å². The number of hydrogen-bond acceptors (Lipinski definition) is 5. The number of carbonyl (C=O) groups excluding carboxylic acids is 1. The minimum atomic E-state index is -3.52. The summed E-state index contributed by atoms with van der Waals surface area (Å²) in [6.45, 7) is 2.38. The van der Waals surface area contributed by atoms with Crippen molar-refractivity contribution >= 4 is 15.7 Å². The third kappa shape index (κ3) is 5.10. The lowest BCUT2D eigenvalue weighted by Crippen LogP contribution is -2.31. The van der Waals surface area contributed by atoms with E-state index in [2.05, 4.69) is 0 Å². The predicted octanol–water partition coefficient (Wildman–Crippen LogP) is 3.57. The Balaban J connectivity index is 1.68. The average molecular weight is 387 g/mol. The van der Waals surface area contributed by atoms with Crippen molar-refractivity contribution in [1.29, 1.82) is 0 Å². The highest BCUT2D eigenvalue weighted by Crippen LogP contribution is 2.16. The highest BCUT2D eigenvalue weighted by atomic mass is 32.2. The largest absolute Gasteiger partial charge is 0.467 e. The van der Waals surface area contributed by atoms with Gasteiger partial charge < -0.3 is 13.7 Å². The van der Waals surface area contributed by atoms with E-state index in [1.807, 2.05) is 6.92 Å². The van der Waals surface area contributed by atoms with Gasteiger partial charge in [-0.3, -0.25) is 4.79 Å². The Kier molecular flexibility index (Phi) is 5.81. The Morgan fingerprint density at radius 3 is 1.96 bits per heavy atom. The lowest BCUT2D eigenvalue weighted by Gasteiger charge is -2.20. The van der Waals surface area contributed by atoms with Crippen LogP contribution >= 0.6 is 0 Å². The van der Waals surface area contributed by atoms with Crippen LogP contribution in [0.3, 0.4) is 0 Å². The average Bonchev–Trinajstić information content (AvgIpc) is 3.34. The Morgan fingerprint density at radius 2 is 1.48 bits per heavy atom. The summed E-state index contributed by atoms with van der Waals surface area (Å²) in [5, 5.41) is 0. The number of benzene rings is 1. The zero-order valence-electron chi connectivity index (χ0n) is 15.0. The lowest BCUT2D eigenvalue weighted by atomic mass is 10.2. The fourth-order valence-electron chi connectivity index (χ4n) is 2.66. The van der Waals surface area contributed by atoms with Gasteiger partial charge in [0, 0.05) is 6.42 Å². The Bertz CT molecular complexity index is 922. The van der Waals surface area contributed by atoms with Crippen LogP contribution < -0.4 is 0 Å². The molecule has 1 amide bonds. The first-order valence-electron chi connectivity index (χ1n) is 8.56. The molecule has 0 aliphatic rings. The molecular weight excluding hydrogens is 366 g/mol. The third-order valence-corrected chi connectivity index (χ3v) is 5.90. The fraction of sp³-hybridized carbons (Fsp3) is 0.250. The normalized spacial score (nSPS) is 11.4. The number of rotatable bonds is 8. The van der Waals surface area contributed by atoms with Gasteiger partial charge >= 0.3 is 0 Å². The van der Waals surface area contributed by atoms with Crippen molar-refractivity contribution in [3.05, 3.63) is 78.1 Å². The molecule has 3 rings (SSSR count). The molecule has 1 aromatic carbocycles. The minimum absolute atomic E-state index is 0.113. The van der Waals surface area contributed by atoms with Crippen LogP contribution in [-0.4, -0.2) is 25.0 Å². The van der Waals surface area contributed by atoms with Gasteiger partial charge in [-0.1, -0.05) is 17.7 Å². The van der Waals surface area contributed by atoms with Crippen LogP contribution in [0.2, 0.25) is 0 Å². The maximum Gasteiger partial charge on any atom is 0.224 e. The zero-order chi connectivity index (χ0) is 19.3. The van der Waals surface area contributed by atoms with Crippen molar-refractivity contribution in [3.63, 3.8) is 0 Å². The molecule has 27 heavy (non-hydrogen) atoms. The van der Waals surface area contributed by atoms with E-state index in [1.165, 1.54) is 17.4 Å². The van der Waals surface area contributed by atoms with Crippen LogP contribution in [0.1, 0.15) is 23.5 Å². The highest BCUT2D eigenvalue weighted by molar-refractivity contribution is 7.91. The molecular formula is C20H21NO5S. The second kappa shape index (κ2) is 8.26. The second-order valence-electron chi connectivity index (χ2n) is 6.29. The molecule has 2 aromatic heterocycles. The van der Waals surface area contributed by atoms with E-state index in [9.17, 15) is 13.2 Å². The van der Waals surface area contributed by atoms with Crippen LogP contribution in [0.15, 0.2) is 74.8 Å². The van der Waals surface area contributed by atoms with Crippen molar-refractivity contribution < 1.29 is 22.0 Å². The summed E-state index contributed by atoms with van der Waals surface area (Å²) in [6, 6.07) is 13.7. The molecule has 6 nitrogen and oxygen atoms in total. The first kappa shape index (κ1) is 19.0. The van der Waals surface area contributed by atoms with E-state index in [0.29, 0.717) is 11.5 Å². The number of amides is 1. The van der Waals surface area contributed by atoms with Gasteiger partial charge in [-0.15, -0.1) is 0 Å². The van der Waals surface area contributed by atoms with E-state index < -0.39 is 9.84 Å². The maximum absolute atomic E-state index is 12.7. The second-order valence-corrected chi connectivity index (χ2v) is 8.40. The third-order valence-electron chi connectivity index (χ3n) is 4.17. The van der Waals surface area contributed by atoms with Crippen LogP contribution in [0, 0.1) is 6.92 Å². The monoisotopic (exact) mass is 387 g/mol. The van der Waals surface area contributed by atoms with E-state index in [4.69, 9.17) is 8.83 Å². The number of carbonyl (C=O) groups is 1. The zero-order valence-corrected chi connectivity index (χ0v) is 15.8. The first-order chi connectivity index (χ1) is 12.9. The van der Waals surface area contributed by atoms with E-state index in [0.717, 1.165) is 5.56 Å². The Labute approximate surface area is 158 Å². The van der Waals surface area contributed by atoms with Crippen LogP contribution in [-0.2, 0) is 27.7 Å². The van der Waals surface area contributed by atoms with Gasteiger partial charge in [0.15, 0.2) is 9.84 Å². The lowest BCUT2D eigenvalue weighted by molar-refractivity contribution is -0.132. The maximum atomic E-state index is 12.7. The molecule has 0 spiro atoms. The number of nitrogens with zero attached hydrogens (tertiary/aromatic N) is 1. The predicted molar refractivity (Wildman–Crippen MR) is 99.5 cm³/mol. The van der Waals surface area contributed by atoms with Gasteiger partial charge in [-0.05, 0) is 43.3 Å². The van der Waals surface area contributed by atoms with Gasteiger partial charge in [-0.25, -0.2) is 8.42 Å². The van der Waals surface area contributed by atoms with Gasteiger partial charge in [0.25, 0.3) is 0 Å². The molecule has 0 N–H and O–H groups in total. The van der Waals surface area contributed by atoms with Gasteiger partial charge in [0.05, 0.1) is 36.3 Å². The van der Waals surface area contributed by atoms with Crippen molar-refractivity contribution in [2.24, 2.45) is 0 Å². The van der Waals surface area contributed by atoms with E-state index in [1.54, 1.807) is 48.5 Å². The summed E-state index contributed by atoms with van der Waals surface area (Å²) in [6.07, 6.45) is 2.96. The van der Waals surface area contributed by atoms with E-state index in [-0.39, 0.29) is 36.1 Å². The van der Waals surface area contributed by atoms with Crippen LogP contribution in [0.5, 0.6) is 0 Å². The fourth-order valence-corrected chi connectivity index (χ4v) is 3.89. The van der Waals surface area contributed by atoms with Crippen molar-refractivity contribution in [2.45, 2.75) is 31.3 Å². The SMILES string of the molecule is Cc1ccc(S(=O)(=O)CCC(=O)N(Cc2ccco2)Cc2ccco2)cc1. The van der Waals surface area contributed by atoms with Crippen molar-refractivity contribution in [3.8, 4) is 0 Å². The first-order valence-corrected chi connectivity index (χ1v) is 10.2. The molecule has 0 aliphatic carbocycles. The number of hydrogen-bond donors (Lipinski definition) is 0. The molecule has 0 saturated carbocycles. The van der Waals surface area contributed by atoms with Crippen molar-refractivity contribution in [2.75, 3.05) is 5.75 Å². The topological polar surface area (TPSA) is 80.7 Å². The highest BCUT2D eigenvalue weighted by Gasteiger charge is 2.21. The molecule has 0 saturated heterocycles. The van der Waals surface area contributed by atoms with Crippen LogP contribution in [0.4, 0.5) is 0 Å². The Hall–Kier alpha value is -2.80. The van der Waals surface area contributed by atoms with Crippen LogP contribution in [0.25, 0.3) is 0 Å². The summed E-state index contributed by atoms with van der Waals surface area (Å²) in [4.78, 5) is 14.5. The quantitative estimate of drug-likeness (QED) is 0.590. The summed E-state index contributed by atoms with van der Waals surface area (Å²) in [5.41, 5.74) is 0.980. The molecule has 7 heteroatoms. The molecule has 0 radical (unpaired) electrons. The summed E-state index contributed by atoms with van der Waals surface area (Å²) in [7, 11) is -3.52. The summed E-state index contributed by atoms with van der Waals surface area (Å²) in [5.74, 6) is 0.716. The molecule has 0 aliphatic heterocycles. The number of aryl methyl sites for hydroxylation is 1. The summed E-state index contributed by atoms with van der Waals surface area (Å²) < 4.78 is 35.6. The van der Waals surface area contributed by atoms with Crippen molar-refractivity contribution in [1.82, 2.24) is 4.90 Å². The molecule has 0 unspecified atom stereocenters. The number of sulfone groups is 1. The molecule has 0 bridgehead atoms. The van der Waals surface area contributed by atoms with Gasteiger partial charge in [-0.2, -0.15) is 0 Å². The van der Waals surface area contributed by atoms with E-state index >= 15 is 0 Å².